The zero-order chi connectivity index (χ0) is 19.4. The Bertz CT molecular complexity index is 903. The molecular formula is C19H18ClN3O3S. The number of thioether (sulfide) groups is 1. The topological polar surface area (TPSA) is 71.0 Å². The van der Waals surface area contributed by atoms with Crippen LogP contribution in [0.25, 0.3) is 0 Å². The second kappa shape index (κ2) is 8.45. The molecule has 1 fully saturated rings. The molecule has 2 aromatic carbocycles. The second-order valence-corrected chi connectivity index (χ2v) is 7.41. The van der Waals surface area contributed by atoms with Crippen LogP contribution in [0, 0.1) is 0 Å². The molecule has 140 valence electrons. The van der Waals surface area contributed by atoms with Gasteiger partial charge >= 0.3 is 0 Å². The van der Waals surface area contributed by atoms with E-state index in [-0.39, 0.29) is 18.2 Å². The standard InChI is InChI=1S/C19H18ClN3O3S/c1-23-17(24)11-16(18(25)22-15-9-4-3-8-14(15)20)27-19(23)21-12-6-5-7-13(10-12)26-2/h3-10,16H,11H2,1-2H3,(H,22,25). The van der Waals surface area contributed by atoms with Crippen molar-refractivity contribution in [2.75, 3.05) is 19.5 Å². The van der Waals surface area contributed by atoms with Gasteiger partial charge in [0.2, 0.25) is 11.8 Å². The molecule has 0 spiro atoms. The highest BCUT2D eigenvalue weighted by Crippen LogP contribution is 2.30. The van der Waals surface area contributed by atoms with E-state index >= 15 is 0 Å². The van der Waals surface area contributed by atoms with Gasteiger partial charge < -0.3 is 10.1 Å². The molecular weight excluding hydrogens is 386 g/mol. The van der Waals surface area contributed by atoms with Crippen molar-refractivity contribution in [3.8, 4) is 5.75 Å². The van der Waals surface area contributed by atoms with Crippen LogP contribution in [-0.2, 0) is 9.59 Å². The fourth-order valence-corrected chi connectivity index (χ4v) is 3.71. The third kappa shape index (κ3) is 4.61. The highest BCUT2D eigenvalue weighted by molar-refractivity contribution is 8.15. The van der Waals surface area contributed by atoms with Crippen molar-refractivity contribution >= 4 is 51.7 Å². The number of halogens is 1. The van der Waals surface area contributed by atoms with Crippen LogP contribution < -0.4 is 10.1 Å². The number of rotatable bonds is 4. The van der Waals surface area contributed by atoms with Crippen molar-refractivity contribution in [2.24, 2.45) is 4.99 Å². The lowest BCUT2D eigenvalue weighted by Crippen LogP contribution is -2.43. The van der Waals surface area contributed by atoms with Gasteiger partial charge in [0.1, 0.15) is 11.0 Å². The van der Waals surface area contributed by atoms with E-state index in [1.807, 2.05) is 18.2 Å². The van der Waals surface area contributed by atoms with E-state index in [9.17, 15) is 9.59 Å². The van der Waals surface area contributed by atoms with Gasteiger partial charge in [-0.2, -0.15) is 0 Å². The van der Waals surface area contributed by atoms with Gasteiger partial charge in [-0.1, -0.05) is 41.6 Å². The molecule has 1 aliphatic heterocycles. The lowest BCUT2D eigenvalue weighted by atomic mass is 10.2. The van der Waals surface area contributed by atoms with Crippen molar-refractivity contribution in [3.63, 3.8) is 0 Å². The van der Waals surface area contributed by atoms with E-state index in [4.69, 9.17) is 16.3 Å². The first-order valence-corrected chi connectivity index (χ1v) is 9.45. The molecule has 1 aliphatic rings. The number of nitrogens with zero attached hydrogens (tertiary/aromatic N) is 2. The Hall–Kier alpha value is -2.51. The summed E-state index contributed by atoms with van der Waals surface area (Å²) in [5.41, 5.74) is 1.16. The molecule has 3 rings (SSSR count). The number of anilines is 1. The largest absolute Gasteiger partial charge is 0.497 e. The number of carbonyl (C=O) groups excluding carboxylic acids is 2. The fraction of sp³-hybridized carbons (Fsp3) is 0.211. The molecule has 1 saturated heterocycles. The highest BCUT2D eigenvalue weighted by atomic mass is 35.5. The van der Waals surface area contributed by atoms with Gasteiger partial charge in [-0.3, -0.25) is 14.5 Å². The summed E-state index contributed by atoms with van der Waals surface area (Å²) < 4.78 is 5.20. The van der Waals surface area contributed by atoms with Crippen molar-refractivity contribution in [1.29, 1.82) is 0 Å². The van der Waals surface area contributed by atoms with Crippen LogP contribution in [-0.4, -0.2) is 41.3 Å². The molecule has 2 amide bonds. The summed E-state index contributed by atoms with van der Waals surface area (Å²) in [5.74, 6) is 0.210. The fourth-order valence-electron chi connectivity index (χ4n) is 2.46. The third-order valence-electron chi connectivity index (χ3n) is 3.97. The number of hydrogen-bond acceptors (Lipinski definition) is 5. The molecule has 27 heavy (non-hydrogen) atoms. The predicted molar refractivity (Wildman–Crippen MR) is 109 cm³/mol. The van der Waals surface area contributed by atoms with Gasteiger partial charge in [0.25, 0.3) is 0 Å². The monoisotopic (exact) mass is 403 g/mol. The zero-order valence-electron chi connectivity index (χ0n) is 14.8. The SMILES string of the molecule is COc1cccc(N=C2SC(C(=O)Nc3ccccc3Cl)CC(=O)N2C)c1. The maximum Gasteiger partial charge on any atom is 0.238 e. The summed E-state index contributed by atoms with van der Waals surface area (Å²) >= 11 is 7.34. The molecule has 0 aromatic heterocycles. The minimum absolute atomic E-state index is 0.0918. The summed E-state index contributed by atoms with van der Waals surface area (Å²) in [7, 11) is 3.23. The molecule has 0 aliphatic carbocycles. The summed E-state index contributed by atoms with van der Waals surface area (Å²) in [4.78, 5) is 31.0. The number of hydrogen-bond donors (Lipinski definition) is 1. The van der Waals surface area contributed by atoms with E-state index in [2.05, 4.69) is 10.3 Å². The molecule has 8 heteroatoms. The molecule has 1 unspecified atom stereocenters. The lowest BCUT2D eigenvalue weighted by molar-refractivity contribution is -0.128. The summed E-state index contributed by atoms with van der Waals surface area (Å²) in [6.07, 6.45) is 0.0918. The highest BCUT2D eigenvalue weighted by Gasteiger charge is 2.34. The van der Waals surface area contributed by atoms with E-state index in [1.54, 1.807) is 44.5 Å². The molecule has 0 bridgehead atoms. The van der Waals surface area contributed by atoms with Gasteiger partial charge in [-0.05, 0) is 24.3 Å². The molecule has 1 heterocycles. The number of nitrogens with one attached hydrogen (secondary N) is 1. The Morgan fingerprint density at radius 2 is 2.07 bits per heavy atom. The maximum absolute atomic E-state index is 12.6. The maximum atomic E-state index is 12.6. The Balaban J connectivity index is 1.80. The molecule has 0 saturated carbocycles. The minimum atomic E-state index is -0.589. The average Bonchev–Trinajstić information content (AvgIpc) is 2.67. The number of benzene rings is 2. The molecule has 6 nitrogen and oxygen atoms in total. The first-order valence-electron chi connectivity index (χ1n) is 8.19. The number of aliphatic imine (C=N–C) groups is 1. The van der Waals surface area contributed by atoms with E-state index in [0.29, 0.717) is 27.3 Å². The van der Waals surface area contributed by atoms with Gasteiger partial charge in [-0.25, -0.2) is 4.99 Å². The van der Waals surface area contributed by atoms with Crippen molar-refractivity contribution in [2.45, 2.75) is 11.7 Å². The van der Waals surface area contributed by atoms with Gasteiger partial charge in [-0.15, -0.1) is 0 Å². The van der Waals surface area contributed by atoms with Crippen LogP contribution in [0.2, 0.25) is 5.02 Å². The Morgan fingerprint density at radius 3 is 2.81 bits per heavy atom. The van der Waals surface area contributed by atoms with Crippen LogP contribution in [0.1, 0.15) is 6.42 Å². The third-order valence-corrected chi connectivity index (χ3v) is 5.54. The minimum Gasteiger partial charge on any atom is -0.497 e. The van der Waals surface area contributed by atoms with Crippen molar-refractivity contribution in [1.82, 2.24) is 4.90 Å². The van der Waals surface area contributed by atoms with Crippen LogP contribution in [0.15, 0.2) is 53.5 Å². The number of amidine groups is 1. The molecule has 1 atom stereocenters. The first-order chi connectivity index (χ1) is 13.0. The molecule has 0 radical (unpaired) electrons. The predicted octanol–water partition coefficient (Wildman–Crippen LogP) is 3.94. The smallest absolute Gasteiger partial charge is 0.238 e. The number of methoxy groups -OCH3 is 1. The lowest BCUT2D eigenvalue weighted by Gasteiger charge is -2.28. The number of ether oxygens (including phenoxy) is 1. The summed E-state index contributed by atoms with van der Waals surface area (Å²) in [6, 6.07) is 14.2. The second-order valence-electron chi connectivity index (χ2n) is 5.83. The summed E-state index contributed by atoms with van der Waals surface area (Å²) in [6.45, 7) is 0. The van der Waals surface area contributed by atoms with Crippen LogP contribution in [0.3, 0.4) is 0 Å². The first kappa shape index (κ1) is 19.3. The number of carbonyl (C=O) groups is 2. The van der Waals surface area contributed by atoms with Crippen molar-refractivity contribution < 1.29 is 14.3 Å². The van der Waals surface area contributed by atoms with E-state index in [0.717, 1.165) is 0 Å². The van der Waals surface area contributed by atoms with E-state index < -0.39 is 5.25 Å². The van der Waals surface area contributed by atoms with Gasteiger partial charge in [0, 0.05) is 19.5 Å². The van der Waals surface area contributed by atoms with Crippen LogP contribution in [0.5, 0.6) is 5.75 Å². The number of amides is 2. The molecule has 1 N–H and O–H groups in total. The van der Waals surface area contributed by atoms with Gasteiger partial charge in [0.15, 0.2) is 5.17 Å². The van der Waals surface area contributed by atoms with Gasteiger partial charge in [0.05, 0.1) is 23.5 Å². The Morgan fingerprint density at radius 1 is 1.30 bits per heavy atom. The Kier molecular flexibility index (Phi) is 6.03. The van der Waals surface area contributed by atoms with Crippen molar-refractivity contribution in [3.05, 3.63) is 53.6 Å². The summed E-state index contributed by atoms with van der Waals surface area (Å²) in [5, 5.41) is 3.09. The quantitative estimate of drug-likeness (QED) is 0.839. The van der Waals surface area contributed by atoms with Crippen LogP contribution in [0.4, 0.5) is 11.4 Å². The number of para-hydroxylation sites is 1. The van der Waals surface area contributed by atoms with E-state index in [1.165, 1.54) is 16.7 Å². The Labute approximate surface area is 166 Å². The average molecular weight is 404 g/mol. The molecule has 2 aromatic rings. The normalized spacial score (nSPS) is 18.5. The zero-order valence-corrected chi connectivity index (χ0v) is 16.4. The van der Waals surface area contributed by atoms with Crippen LogP contribution >= 0.6 is 23.4 Å².